The molecule has 0 bridgehead atoms. The van der Waals surface area contributed by atoms with Crippen molar-refractivity contribution in [2.24, 2.45) is 0 Å². The highest BCUT2D eigenvalue weighted by Crippen LogP contribution is 2.39. The van der Waals surface area contributed by atoms with Gasteiger partial charge in [0.25, 0.3) is 0 Å². The minimum Gasteiger partial charge on any atom is -0.496 e. The van der Waals surface area contributed by atoms with Gasteiger partial charge in [-0.1, -0.05) is 35.5 Å². The highest BCUT2D eigenvalue weighted by Gasteiger charge is 2.37. The van der Waals surface area contributed by atoms with E-state index in [2.05, 4.69) is 36.9 Å². The number of rotatable bonds is 4. The van der Waals surface area contributed by atoms with Gasteiger partial charge < -0.3 is 15.5 Å². The molecule has 2 unspecified atom stereocenters. The van der Waals surface area contributed by atoms with Crippen molar-refractivity contribution in [3.8, 4) is 5.75 Å². The number of carbonyl (C=O) groups is 1. The second kappa shape index (κ2) is 8.25. The number of halogens is 2. The number of nitrogens with zero attached hydrogens (tertiary/aromatic N) is 3. The van der Waals surface area contributed by atoms with Crippen molar-refractivity contribution in [2.45, 2.75) is 23.4 Å². The first kappa shape index (κ1) is 20.1. The molecule has 0 spiro atoms. The fraction of sp³-hybridized carbons (Fsp3) is 0.211. The molecule has 1 aliphatic rings. The van der Waals surface area contributed by atoms with Gasteiger partial charge in [0.2, 0.25) is 11.1 Å². The predicted octanol–water partition coefficient (Wildman–Crippen LogP) is 4.41. The molecule has 10 heteroatoms. The lowest BCUT2D eigenvalue weighted by Gasteiger charge is -2.33. The topological polar surface area (TPSA) is 81.1 Å². The van der Waals surface area contributed by atoms with Crippen molar-refractivity contribution in [2.75, 3.05) is 17.9 Å². The van der Waals surface area contributed by atoms with E-state index >= 15 is 0 Å². The summed E-state index contributed by atoms with van der Waals surface area (Å²) in [6.45, 7) is 1.86. The van der Waals surface area contributed by atoms with E-state index in [1.54, 1.807) is 36.1 Å². The van der Waals surface area contributed by atoms with E-state index in [9.17, 15) is 4.79 Å². The van der Waals surface area contributed by atoms with Crippen molar-refractivity contribution in [1.82, 2.24) is 14.9 Å². The Balaban J connectivity index is 1.68. The third-order valence-corrected chi connectivity index (χ3v) is 6.55. The Kier molecular flexibility index (Phi) is 5.71. The molecular weight excluding hydrogens is 478 g/mol. The van der Waals surface area contributed by atoms with Crippen LogP contribution in [0.5, 0.6) is 5.75 Å². The Morgan fingerprint density at radius 2 is 2.14 bits per heavy atom. The molecule has 1 aromatic heterocycles. The van der Waals surface area contributed by atoms with E-state index in [0.717, 1.165) is 21.6 Å². The van der Waals surface area contributed by atoms with Gasteiger partial charge in [-0.3, -0.25) is 4.79 Å². The Bertz CT molecular complexity index is 1080. The average molecular weight is 495 g/mol. The van der Waals surface area contributed by atoms with Gasteiger partial charge in [-0.25, -0.2) is 4.68 Å². The van der Waals surface area contributed by atoms with Gasteiger partial charge in [0, 0.05) is 10.7 Å². The molecule has 7 nitrogen and oxygen atoms in total. The number of nitrogens with one attached hydrogen (secondary N) is 2. The van der Waals surface area contributed by atoms with Gasteiger partial charge in [0.1, 0.15) is 16.8 Å². The van der Waals surface area contributed by atoms with Crippen molar-refractivity contribution < 1.29 is 9.53 Å². The zero-order valence-corrected chi connectivity index (χ0v) is 18.7. The number of methoxy groups -OCH3 is 1. The number of aromatic nitrogens is 3. The number of carbonyl (C=O) groups excluding carboxylic acids is 1. The lowest BCUT2D eigenvalue weighted by molar-refractivity contribution is -0.116. The summed E-state index contributed by atoms with van der Waals surface area (Å²) in [5.41, 5.74) is 4.94. The summed E-state index contributed by atoms with van der Waals surface area (Å²) >= 11 is 10.9. The maximum absolute atomic E-state index is 13.2. The maximum Gasteiger partial charge on any atom is 0.240 e. The third-order valence-electron chi connectivity index (χ3n) is 4.48. The van der Waals surface area contributed by atoms with Gasteiger partial charge in [-0.2, -0.15) is 0 Å². The third kappa shape index (κ3) is 4.08. The highest BCUT2D eigenvalue weighted by molar-refractivity contribution is 9.10. The molecule has 1 aliphatic heterocycles. The number of benzene rings is 2. The van der Waals surface area contributed by atoms with Crippen molar-refractivity contribution in [3.63, 3.8) is 0 Å². The molecule has 0 saturated carbocycles. The monoisotopic (exact) mass is 493 g/mol. The van der Waals surface area contributed by atoms with Crippen LogP contribution in [0.1, 0.15) is 17.4 Å². The molecule has 3 aromatic rings. The van der Waals surface area contributed by atoms with Crippen LogP contribution in [0.3, 0.4) is 0 Å². The van der Waals surface area contributed by atoms with Gasteiger partial charge >= 0.3 is 0 Å². The number of aryl methyl sites for hydroxylation is 1. The molecule has 0 aliphatic carbocycles. The summed E-state index contributed by atoms with van der Waals surface area (Å²) in [6, 6.07) is 12.5. The quantitative estimate of drug-likeness (QED) is 0.559. The number of hydrogen-bond acceptors (Lipinski definition) is 6. The summed E-state index contributed by atoms with van der Waals surface area (Å²) in [5.74, 6) is 1.28. The van der Waals surface area contributed by atoms with Crippen LogP contribution in [0.2, 0.25) is 5.02 Å². The zero-order chi connectivity index (χ0) is 20.5. The number of amides is 1. The second-order valence-corrected chi connectivity index (χ2v) is 8.80. The van der Waals surface area contributed by atoms with Crippen molar-refractivity contribution in [3.05, 3.63) is 63.3 Å². The lowest BCUT2D eigenvalue weighted by Crippen LogP contribution is -2.41. The molecule has 2 atom stereocenters. The van der Waals surface area contributed by atoms with Gasteiger partial charge in [0.05, 0.1) is 17.6 Å². The average Bonchev–Trinajstić information content (AvgIpc) is 3.07. The fourth-order valence-corrected chi connectivity index (χ4v) is 4.94. The summed E-state index contributed by atoms with van der Waals surface area (Å²) in [7, 11) is 1.61. The SMILES string of the molecule is COc1ccc(C2Nn3c(C)nnc3SC2C(=O)Nc2cccc(Cl)c2)cc1Br. The van der Waals surface area contributed by atoms with E-state index in [0.29, 0.717) is 15.9 Å². The Morgan fingerprint density at radius 1 is 1.31 bits per heavy atom. The normalized spacial score (nSPS) is 17.9. The number of anilines is 1. The first-order valence-corrected chi connectivity index (χ1v) is 10.8. The lowest BCUT2D eigenvalue weighted by atomic mass is 10.0. The van der Waals surface area contributed by atoms with E-state index in [-0.39, 0.29) is 11.9 Å². The van der Waals surface area contributed by atoms with Crippen LogP contribution in [0.25, 0.3) is 0 Å². The van der Waals surface area contributed by atoms with Crippen molar-refractivity contribution >= 4 is 50.9 Å². The summed E-state index contributed by atoms with van der Waals surface area (Å²) in [5, 5.41) is 11.9. The van der Waals surface area contributed by atoms with Crippen LogP contribution < -0.4 is 15.5 Å². The minimum absolute atomic E-state index is 0.159. The molecule has 0 radical (unpaired) electrons. The second-order valence-electron chi connectivity index (χ2n) is 6.40. The van der Waals surface area contributed by atoms with Crippen LogP contribution in [-0.2, 0) is 4.79 Å². The van der Waals surface area contributed by atoms with Crippen molar-refractivity contribution in [1.29, 1.82) is 0 Å². The highest BCUT2D eigenvalue weighted by atomic mass is 79.9. The molecule has 150 valence electrons. The summed E-state index contributed by atoms with van der Waals surface area (Å²) < 4.78 is 7.94. The predicted molar refractivity (Wildman–Crippen MR) is 117 cm³/mol. The number of ether oxygens (including phenoxy) is 1. The van der Waals surface area contributed by atoms with Gasteiger partial charge in [-0.15, -0.1) is 10.2 Å². The standard InChI is InChI=1S/C19H17BrClN5O2S/c1-10-23-24-19-26(10)25-16(11-6-7-15(28-2)14(20)8-11)17(29-19)18(27)22-13-5-3-4-12(21)9-13/h3-9,16-17,25H,1-2H3,(H,22,27). The molecule has 2 aromatic carbocycles. The van der Waals surface area contributed by atoms with Crippen LogP contribution in [0, 0.1) is 6.92 Å². The smallest absolute Gasteiger partial charge is 0.240 e. The van der Waals surface area contributed by atoms with Crippen LogP contribution in [-0.4, -0.2) is 33.1 Å². The van der Waals surface area contributed by atoms with Gasteiger partial charge in [-0.05, 0) is 58.7 Å². The van der Waals surface area contributed by atoms with E-state index in [1.807, 2.05) is 25.1 Å². The van der Waals surface area contributed by atoms with Crippen LogP contribution >= 0.6 is 39.3 Å². The van der Waals surface area contributed by atoms with Crippen LogP contribution in [0.4, 0.5) is 5.69 Å². The molecule has 1 amide bonds. The minimum atomic E-state index is -0.481. The molecule has 0 fully saturated rings. The largest absolute Gasteiger partial charge is 0.496 e. The number of thioether (sulfide) groups is 1. The Labute approximate surface area is 185 Å². The zero-order valence-electron chi connectivity index (χ0n) is 15.5. The molecule has 2 N–H and O–H groups in total. The van der Waals surface area contributed by atoms with E-state index in [4.69, 9.17) is 16.3 Å². The van der Waals surface area contributed by atoms with Crippen LogP contribution in [0.15, 0.2) is 52.1 Å². The summed E-state index contributed by atoms with van der Waals surface area (Å²) in [6.07, 6.45) is 0. The molecule has 0 saturated heterocycles. The maximum atomic E-state index is 13.2. The number of fused-ring (bicyclic) bond motifs is 1. The molecule has 4 rings (SSSR count). The van der Waals surface area contributed by atoms with Gasteiger partial charge in [0.15, 0.2) is 0 Å². The molecular formula is C19H17BrClN5O2S. The van der Waals surface area contributed by atoms with E-state index < -0.39 is 5.25 Å². The Hall–Kier alpha value is -2.23. The molecule has 29 heavy (non-hydrogen) atoms. The van der Waals surface area contributed by atoms with E-state index in [1.165, 1.54) is 11.8 Å². The first-order chi connectivity index (χ1) is 14.0. The molecule has 2 heterocycles. The number of hydrogen-bond donors (Lipinski definition) is 2. The first-order valence-electron chi connectivity index (χ1n) is 8.71. The Morgan fingerprint density at radius 3 is 2.86 bits per heavy atom. The summed E-state index contributed by atoms with van der Waals surface area (Å²) in [4.78, 5) is 13.2. The fourth-order valence-electron chi connectivity index (χ4n) is 3.07.